The van der Waals surface area contributed by atoms with Gasteiger partial charge in [0.15, 0.2) is 0 Å². The van der Waals surface area contributed by atoms with E-state index in [1.807, 2.05) is 6.07 Å². The van der Waals surface area contributed by atoms with Gasteiger partial charge in [-0.25, -0.2) is 0 Å². The van der Waals surface area contributed by atoms with Crippen LogP contribution in [0.4, 0.5) is 0 Å². The van der Waals surface area contributed by atoms with E-state index in [1.165, 1.54) is 0 Å². The molecule has 21 heavy (non-hydrogen) atoms. The van der Waals surface area contributed by atoms with Gasteiger partial charge in [-0.15, -0.1) is 0 Å². The average molecular weight is 362 g/mol. The number of benzene rings is 2. The van der Waals surface area contributed by atoms with Crippen LogP contribution < -0.4 is 5.73 Å². The Labute approximate surface area is 141 Å². The molecule has 0 unspecified atom stereocenters. The lowest BCUT2D eigenvalue weighted by Crippen LogP contribution is -2.12. The SMILES string of the molecule is N#Cc1c(Cl)cccc1Cl.NC(=O)c1c(Cl)cccc1Cl. The molecule has 108 valence electrons. The van der Waals surface area contributed by atoms with E-state index in [2.05, 4.69) is 0 Å². The summed E-state index contributed by atoms with van der Waals surface area (Å²) in [5.74, 6) is -0.611. The smallest absolute Gasteiger partial charge is 0.251 e. The topological polar surface area (TPSA) is 66.9 Å². The van der Waals surface area contributed by atoms with Crippen LogP contribution in [-0.4, -0.2) is 5.91 Å². The largest absolute Gasteiger partial charge is 0.366 e. The molecule has 0 saturated carbocycles. The average Bonchev–Trinajstić information content (AvgIpc) is 2.39. The maximum absolute atomic E-state index is 10.7. The molecule has 2 aromatic carbocycles. The van der Waals surface area contributed by atoms with Crippen LogP contribution in [0.15, 0.2) is 36.4 Å². The number of nitriles is 1. The molecule has 2 N–H and O–H groups in total. The van der Waals surface area contributed by atoms with Crippen LogP contribution in [0.25, 0.3) is 0 Å². The second-order valence-corrected chi connectivity index (χ2v) is 5.30. The minimum Gasteiger partial charge on any atom is -0.366 e. The molecule has 0 aliphatic heterocycles. The van der Waals surface area contributed by atoms with E-state index in [4.69, 9.17) is 57.4 Å². The highest BCUT2D eigenvalue weighted by Gasteiger charge is 2.09. The van der Waals surface area contributed by atoms with Crippen molar-refractivity contribution in [1.82, 2.24) is 0 Å². The predicted octanol–water partition coefficient (Wildman–Crippen LogP) is 4.96. The molecule has 7 heteroatoms. The molecule has 0 spiro atoms. The number of hydrogen-bond acceptors (Lipinski definition) is 2. The summed E-state index contributed by atoms with van der Waals surface area (Å²) in [7, 11) is 0. The van der Waals surface area contributed by atoms with Gasteiger partial charge in [-0.2, -0.15) is 5.26 Å². The van der Waals surface area contributed by atoms with Gasteiger partial charge in [-0.1, -0.05) is 58.5 Å². The zero-order chi connectivity index (χ0) is 16.0. The Bertz CT molecular complexity index is 670. The van der Waals surface area contributed by atoms with Gasteiger partial charge in [0, 0.05) is 0 Å². The maximum Gasteiger partial charge on any atom is 0.251 e. The van der Waals surface area contributed by atoms with Crippen molar-refractivity contribution in [3.05, 3.63) is 67.6 Å². The number of primary amides is 1. The highest BCUT2D eigenvalue weighted by atomic mass is 35.5. The van der Waals surface area contributed by atoms with Crippen molar-refractivity contribution in [3.8, 4) is 6.07 Å². The highest BCUT2D eigenvalue weighted by Crippen LogP contribution is 2.23. The summed E-state index contributed by atoms with van der Waals surface area (Å²) in [5, 5.41) is 9.84. The standard InChI is InChI=1S/C7H5Cl2NO.C7H3Cl2N/c8-4-2-1-3-5(9)6(4)7(10)11;8-6-2-1-3-7(9)5(6)4-10/h1-3H,(H2,10,11);1-3H. The second-order valence-electron chi connectivity index (χ2n) is 3.67. The van der Waals surface area contributed by atoms with E-state index >= 15 is 0 Å². The molecule has 0 atom stereocenters. The molecule has 0 heterocycles. The molecule has 0 radical (unpaired) electrons. The number of nitrogens with zero attached hydrogens (tertiary/aromatic N) is 1. The molecule has 2 rings (SSSR count). The number of carbonyl (C=O) groups excluding carboxylic acids is 1. The Morgan fingerprint density at radius 3 is 1.52 bits per heavy atom. The molecule has 0 saturated heterocycles. The van der Waals surface area contributed by atoms with Gasteiger partial charge in [0.25, 0.3) is 5.91 Å². The van der Waals surface area contributed by atoms with Gasteiger partial charge < -0.3 is 5.73 Å². The van der Waals surface area contributed by atoms with Crippen LogP contribution in [0.1, 0.15) is 15.9 Å². The fraction of sp³-hybridized carbons (Fsp3) is 0. The Balaban J connectivity index is 0.000000211. The molecular weight excluding hydrogens is 354 g/mol. The lowest BCUT2D eigenvalue weighted by Gasteiger charge is -2.00. The van der Waals surface area contributed by atoms with Gasteiger partial charge in [0.1, 0.15) is 6.07 Å². The highest BCUT2D eigenvalue weighted by molar-refractivity contribution is 6.39. The number of rotatable bonds is 1. The third-order valence-corrected chi connectivity index (χ3v) is 3.54. The normalized spacial score (nSPS) is 9.29. The van der Waals surface area contributed by atoms with Gasteiger partial charge in [0.05, 0.1) is 31.2 Å². The van der Waals surface area contributed by atoms with E-state index in [0.29, 0.717) is 15.6 Å². The molecule has 1 amide bonds. The predicted molar refractivity (Wildman–Crippen MR) is 86.2 cm³/mol. The Hall–Kier alpha value is -1.44. The molecule has 0 bridgehead atoms. The van der Waals surface area contributed by atoms with E-state index < -0.39 is 5.91 Å². The Morgan fingerprint density at radius 2 is 1.29 bits per heavy atom. The molecule has 2 aromatic rings. The first kappa shape index (κ1) is 17.6. The van der Waals surface area contributed by atoms with Crippen molar-refractivity contribution in [2.75, 3.05) is 0 Å². The lowest BCUT2D eigenvalue weighted by atomic mass is 10.2. The van der Waals surface area contributed by atoms with Gasteiger partial charge in [-0.3, -0.25) is 4.79 Å². The van der Waals surface area contributed by atoms with E-state index in [1.54, 1.807) is 36.4 Å². The summed E-state index contributed by atoms with van der Waals surface area (Å²) in [6.45, 7) is 0. The quantitative estimate of drug-likeness (QED) is 0.780. The third-order valence-electron chi connectivity index (χ3n) is 2.28. The van der Waals surface area contributed by atoms with Crippen LogP contribution >= 0.6 is 46.4 Å². The van der Waals surface area contributed by atoms with Crippen molar-refractivity contribution >= 4 is 52.3 Å². The van der Waals surface area contributed by atoms with Crippen molar-refractivity contribution in [1.29, 1.82) is 5.26 Å². The fourth-order valence-corrected chi connectivity index (χ4v) is 2.40. The molecule has 0 fully saturated rings. The summed E-state index contributed by atoms with van der Waals surface area (Å²) >= 11 is 22.5. The summed E-state index contributed by atoms with van der Waals surface area (Å²) in [5.41, 5.74) is 5.52. The first-order valence-corrected chi connectivity index (χ1v) is 6.97. The number of nitrogens with two attached hydrogens (primary N) is 1. The van der Waals surface area contributed by atoms with Gasteiger partial charge >= 0.3 is 0 Å². The summed E-state index contributed by atoms with van der Waals surface area (Å²) < 4.78 is 0. The minimum absolute atomic E-state index is 0.177. The summed E-state index contributed by atoms with van der Waals surface area (Å²) in [6, 6.07) is 11.6. The van der Waals surface area contributed by atoms with E-state index in [-0.39, 0.29) is 15.6 Å². The summed E-state index contributed by atoms with van der Waals surface area (Å²) in [6.07, 6.45) is 0. The van der Waals surface area contributed by atoms with Crippen LogP contribution in [0.2, 0.25) is 20.1 Å². The van der Waals surface area contributed by atoms with Crippen molar-refractivity contribution < 1.29 is 4.79 Å². The van der Waals surface area contributed by atoms with Gasteiger partial charge in [-0.05, 0) is 24.3 Å². The maximum atomic E-state index is 10.7. The van der Waals surface area contributed by atoms with Crippen molar-refractivity contribution in [2.24, 2.45) is 5.73 Å². The molecule has 3 nitrogen and oxygen atoms in total. The number of halogens is 4. The molecular formula is C14H8Cl4N2O. The molecule has 0 aromatic heterocycles. The number of amides is 1. The Kier molecular flexibility index (Phi) is 6.80. The van der Waals surface area contributed by atoms with Crippen molar-refractivity contribution in [3.63, 3.8) is 0 Å². The van der Waals surface area contributed by atoms with Crippen LogP contribution in [-0.2, 0) is 0 Å². The van der Waals surface area contributed by atoms with Crippen molar-refractivity contribution in [2.45, 2.75) is 0 Å². The molecule has 0 aliphatic carbocycles. The van der Waals surface area contributed by atoms with Crippen LogP contribution in [0.5, 0.6) is 0 Å². The monoisotopic (exact) mass is 360 g/mol. The first-order valence-electron chi connectivity index (χ1n) is 5.46. The zero-order valence-corrected chi connectivity index (χ0v) is 13.4. The van der Waals surface area contributed by atoms with E-state index in [0.717, 1.165) is 0 Å². The third kappa shape index (κ3) is 4.80. The van der Waals surface area contributed by atoms with Crippen LogP contribution in [0, 0.1) is 11.3 Å². The van der Waals surface area contributed by atoms with E-state index in [9.17, 15) is 4.79 Å². The number of carbonyl (C=O) groups is 1. The van der Waals surface area contributed by atoms with Crippen LogP contribution in [0.3, 0.4) is 0 Å². The summed E-state index contributed by atoms with van der Waals surface area (Å²) in [4.78, 5) is 10.7. The second kappa shape index (κ2) is 8.11. The zero-order valence-electron chi connectivity index (χ0n) is 10.4. The first-order chi connectivity index (χ1) is 9.88. The number of hydrogen-bond donors (Lipinski definition) is 1. The lowest BCUT2D eigenvalue weighted by molar-refractivity contribution is 0.100. The molecule has 0 aliphatic rings. The minimum atomic E-state index is -0.611. The van der Waals surface area contributed by atoms with Gasteiger partial charge in [0.2, 0.25) is 0 Å². The fourth-order valence-electron chi connectivity index (χ4n) is 1.34. The Morgan fingerprint density at radius 1 is 0.905 bits per heavy atom.